The molecule has 1 aromatic heterocycles. The minimum atomic E-state index is 0.573. The van der Waals surface area contributed by atoms with Gasteiger partial charge in [-0.3, -0.25) is 4.68 Å². The molecule has 2 heterocycles. The van der Waals surface area contributed by atoms with Gasteiger partial charge >= 0.3 is 0 Å². The number of aromatic nitrogens is 2. The molecular weight excluding hydrogens is 224 g/mol. The maximum Gasteiger partial charge on any atom is 0.150 e. The molecule has 4 nitrogen and oxygen atoms in total. The molecule has 0 amide bonds. The smallest absolute Gasteiger partial charge is 0.150 e. The number of rotatable bonds is 4. The SMILES string of the molecule is CCC1CNC(CC(C)C)CN1c1ccn(C)n1. The lowest BCUT2D eigenvalue weighted by Gasteiger charge is -2.41. The highest BCUT2D eigenvalue weighted by Gasteiger charge is 2.28. The summed E-state index contributed by atoms with van der Waals surface area (Å²) in [6, 6.07) is 3.29. The van der Waals surface area contributed by atoms with E-state index in [0.29, 0.717) is 12.1 Å². The molecular formula is C14H26N4. The number of anilines is 1. The van der Waals surface area contributed by atoms with E-state index in [1.807, 2.05) is 17.9 Å². The first-order chi connectivity index (χ1) is 8.60. The van der Waals surface area contributed by atoms with Crippen molar-refractivity contribution in [1.29, 1.82) is 0 Å². The molecule has 0 bridgehead atoms. The van der Waals surface area contributed by atoms with Crippen LogP contribution in [0, 0.1) is 5.92 Å². The Hall–Kier alpha value is -1.03. The van der Waals surface area contributed by atoms with Crippen molar-refractivity contribution in [2.24, 2.45) is 13.0 Å². The molecule has 1 saturated heterocycles. The molecule has 18 heavy (non-hydrogen) atoms. The van der Waals surface area contributed by atoms with E-state index >= 15 is 0 Å². The van der Waals surface area contributed by atoms with Gasteiger partial charge in [0.25, 0.3) is 0 Å². The van der Waals surface area contributed by atoms with Crippen LogP contribution in [0.25, 0.3) is 0 Å². The van der Waals surface area contributed by atoms with Crippen LogP contribution < -0.4 is 10.2 Å². The van der Waals surface area contributed by atoms with Crippen molar-refractivity contribution in [3.63, 3.8) is 0 Å². The van der Waals surface area contributed by atoms with Crippen LogP contribution in [0.2, 0.25) is 0 Å². The van der Waals surface area contributed by atoms with Crippen LogP contribution in [-0.4, -0.2) is 35.0 Å². The Bertz CT molecular complexity index is 372. The second-order valence-corrected chi connectivity index (χ2v) is 5.80. The predicted octanol–water partition coefficient (Wildman–Crippen LogP) is 2.02. The zero-order chi connectivity index (χ0) is 13.1. The molecule has 102 valence electrons. The van der Waals surface area contributed by atoms with Gasteiger partial charge in [-0.1, -0.05) is 20.8 Å². The quantitative estimate of drug-likeness (QED) is 0.887. The summed E-state index contributed by atoms with van der Waals surface area (Å²) in [5.74, 6) is 1.87. The highest BCUT2D eigenvalue weighted by atomic mass is 15.4. The zero-order valence-corrected chi connectivity index (χ0v) is 12.1. The van der Waals surface area contributed by atoms with Crippen molar-refractivity contribution in [2.45, 2.75) is 45.7 Å². The Balaban J connectivity index is 2.08. The number of aryl methyl sites for hydroxylation is 1. The summed E-state index contributed by atoms with van der Waals surface area (Å²) in [5, 5.41) is 8.24. The number of nitrogens with zero attached hydrogens (tertiary/aromatic N) is 3. The maximum absolute atomic E-state index is 4.56. The summed E-state index contributed by atoms with van der Waals surface area (Å²) in [5.41, 5.74) is 0. The van der Waals surface area contributed by atoms with Gasteiger partial charge in [0.15, 0.2) is 5.82 Å². The van der Waals surface area contributed by atoms with E-state index in [1.165, 1.54) is 6.42 Å². The van der Waals surface area contributed by atoms with Crippen LogP contribution in [0.15, 0.2) is 12.3 Å². The molecule has 0 spiro atoms. The number of piperazine rings is 1. The highest BCUT2D eigenvalue weighted by molar-refractivity contribution is 5.39. The number of hydrogen-bond acceptors (Lipinski definition) is 3. The number of nitrogens with one attached hydrogen (secondary N) is 1. The molecule has 1 aliphatic rings. The second kappa shape index (κ2) is 5.74. The summed E-state index contributed by atoms with van der Waals surface area (Å²) in [6.45, 7) is 8.99. The minimum absolute atomic E-state index is 0.573. The monoisotopic (exact) mass is 250 g/mol. The van der Waals surface area contributed by atoms with Crippen LogP contribution in [0.1, 0.15) is 33.6 Å². The van der Waals surface area contributed by atoms with E-state index in [4.69, 9.17) is 0 Å². The average Bonchev–Trinajstić information content (AvgIpc) is 2.75. The van der Waals surface area contributed by atoms with Gasteiger partial charge in [0.2, 0.25) is 0 Å². The zero-order valence-electron chi connectivity index (χ0n) is 12.1. The van der Waals surface area contributed by atoms with Gasteiger partial charge < -0.3 is 10.2 Å². The van der Waals surface area contributed by atoms with Gasteiger partial charge in [-0.05, 0) is 18.8 Å². The first-order valence-electron chi connectivity index (χ1n) is 7.09. The van der Waals surface area contributed by atoms with E-state index < -0.39 is 0 Å². The van der Waals surface area contributed by atoms with Crippen molar-refractivity contribution in [2.75, 3.05) is 18.0 Å². The molecule has 0 radical (unpaired) electrons. The van der Waals surface area contributed by atoms with Crippen molar-refractivity contribution in [3.05, 3.63) is 12.3 Å². The van der Waals surface area contributed by atoms with Crippen LogP contribution in [0.4, 0.5) is 5.82 Å². The van der Waals surface area contributed by atoms with E-state index in [0.717, 1.165) is 31.2 Å². The molecule has 1 aromatic rings. The normalized spacial score (nSPS) is 24.8. The summed E-state index contributed by atoms with van der Waals surface area (Å²) in [4.78, 5) is 2.48. The third-order valence-electron chi connectivity index (χ3n) is 3.72. The Labute approximate surface area is 110 Å². The molecule has 2 unspecified atom stereocenters. The van der Waals surface area contributed by atoms with E-state index in [1.54, 1.807) is 0 Å². The molecule has 2 rings (SSSR count). The third kappa shape index (κ3) is 3.05. The molecule has 0 aliphatic carbocycles. The minimum Gasteiger partial charge on any atom is -0.349 e. The predicted molar refractivity (Wildman–Crippen MR) is 75.9 cm³/mol. The molecule has 0 saturated carbocycles. The molecule has 0 aromatic carbocycles. The fraction of sp³-hybridized carbons (Fsp3) is 0.786. The Morgan fingerprint density at radius 1 is 1.50 bits per heavy atom. The van der Waals surface area contributed by atoms with E-state index in [9.17, 15) is 0 Å². The van der Waals surface area contributed by atoms with Crippen molar-refractivity contribution < 1.29 is 0 Å². The van der Waals surface area contributed by atoms with Crippen LogP contribution >= 0.6 is 0 Å². The molecule has 2 atom stereocenters. The average molecular weight is 250 g/mol. The van der Waals surface area contributed by atoms with Crippen LogP contribution in [-0.2, 0) is 7.05 Å². The summed E-state index contributed by atoms with van der Waals surface area (Å²) >= 11 is 0. The van der Waals surface area contributed by atoms with Gasteiger partial charge in [-0.2, -0.15) is 5.10 Å². The fourth-order valence-electron chi connectivity index (χ4n) is 2.79. The standard InChI is InChI=1S/C14H26N4/c1-5-13-9-15-12(8-11(2)3)10-18(13)14-6-7-17(4)16-14/h6-7,11-13,15H,5,8-10H2,1-4H3. The van der Waals surface area contributed by atoms with Gasteiger partial charge in [0.05, 0.1) is 0 Å². The Morgan fingerprint density at radius 3 is 2.83 bits per heavy atom. The molecule has 1 aliphatic heterocycles. The third-order valence-corrected chi connectivity index (χ3v) is 3.72. The van der Waals surface area contributed by atoms with Crippen LogP contribution in [0.5, 0.6) is 0 Å². The summed E-state index contributed by atoms with van der Waals surface area (Å²) in [7, 11) is 1.98. The van der Waals surface area contributed by atoms with Crippen LogP contribution in [0.3, 0.4) is 0 Å². The topological polar surface area (TPSA) is 33.1 Å². The van der Waals surface area contributed by atoms with Gasteiger partial charge in [0.1, 0.15) is 0 Å². The molecule has 1 N–H and O–H groups in total. The van der Waals surface area contributed by atoms with Gasteiger partial charge in [0, 0.05) is 44.5 Å². The summed E-state index contributed by atoms with van der Waals surface area (Å²) in [6.07, 6.45) is 4.43. The Kier molecular flexibility index (Phi) is 4.27. The lowest BCUT2D eigenvalue weighted by atomic mass is 9.99. The maximum atomic E-state index is 4.56. The van der Waals surface area contributed by atoms with E-state index in [2.05, 4.69) is 42.2 Å². The first kappa shape index (κ1) is 13.4. The van der Waals surface area contributed by atoms with E-state index in [-0.39, 0.29) is 0 Å². The second-order valence-electron chi connectivity index (χ2n) is 5.80. The molecule has 4 heteroatoms. The van der Waals surface area contributed by atoms with Crippen molar-refractivity contribution in [1.82, 2.24) is 15.1 Å². The summed E-state index contributed by atoms with van der Waals surface area (Å²) < 4.78 is 1.89. The lowest BCUT2D eigenvalue weighted by Crippen LogP contribution is -2.57. The van der Waals surface area contributed by atoms with Gasteiger partial charge in [-0.25, -0.2) is 0 Å². The number of hydrogen-bond donors (Lipinski definition) is 1. The fourth-order valence-corrected chi connectivity index (χ4v) is 2.79. The lowest BCUT2D eigenvalue weighted by molar-refractivity contribution is 0.341. The van der Waals surface area contributed by atoms with Crippen molar-refractivity contribution in [3.8, 4) is 0 Å². The van der Waals surface area contributed by atoms with Gasteiger partial charge in [-0.15, -0.1) is 0 Å². The molecule has 1 fully saturated rings. The first-order valence-corrected chi connectivity index (χ1v) is 7.09. The highest BCUT2D eigenvalue weighted by Crippen LogP contribution is 2.21. The van der Waals surface area contributed by atoms with Crippen molar-refractivity contribution >= 4 is 5.82 Å². The largest absolute Gasteiger partial charge is 0.349 e. The Morgan fingerprint density at radius 2 is 2.28 bits per heavy atom.